The third-order valence-corrected chi connectivity index (χ3v) is 5.27. The summed E-state index contributed by atoms with van der Waals surface area (Å²) < 4.78 is 13.1. The molecule has 4 rings (SSSR count). The standard InChI is InChI=1S/C15H16FNO2/c16-9-3-4-11(10(6-9)15(18)19)17-14-12-7-1-2-8(5-7)13(12)14/h3-4,6-8,12-14,17H,1-2,5H2,(H,18,19). The molecular formula is C15H16FNO2. The van der Waals surface area contributed by atoms with Gasteiger partial charge in [-0.15, -0.1) is 0 Å². The zero-order valence-corrected chi connectivity index (χ0v) is 10.5. The Morgan fingerprint density at radius 3 is 2.58 bits per heavy atom. The highest BCUT2D eigenvalue weighted by Gasteiger charge is 2.65. The van der Waals surface area contributed by atoms with Gasteiger partial charge in [0.1, 0.15) is 5.82 Å². The Bertz CT molecular complexity index is 543. The van der Waals surface area contributed by atoms with Crippen LogP contribution in [0.2, 0.25) is 0 Å². The van der Waals surface area contributed by atoms with E-state index < -0.39 is 11.8 Å². The number of nitrogens with one attached hydrogen (secondary N) is 1. The Kier molecular flexibility index (Phi) is 2.20. The summed E-state index contributed by atoms with van der Waals surface area (Å²) in [7, 11) is 0. The molecule has 19 heavy (non-hydrogen) atoms. The lowest BCUT2D eigenvalue weighted by Gasteiger charge is -2.13. The summed E-state index contributed by atoms with van der Waals surface area (Å²) >= 11 is 0. The van der Waals surface area contributed by atoms with Gasteiger partial charge in [-0.2, -0.15) is 0 Å². The van der Waals surface area contributed by atoms with Crippen molar-refractivity contribution >= 4 is 11.7 Å². The summed E-state index contributed by atoms with van der Waals surface area (Å²) in [5.74, 6) is 1.55. The lowest BCUT2D eigenvalue weighted by Crippen LogP contribution is -2.15. The number of hydrogen-bond donors (Lipinski definition) is 2. The van der Waals surface area contributed by atoms with Crippen molar-refractivity contribution in [3.63, 3.8) is 0 Å². The molecule has 3 nitrogen and oxygen atoms in total. The number of fused-ring (bicyclic) bond motifs is 5. The van der Waals surface area contributed by atoms with Crippen molar-refractivity contribution in [3.05, 3.63) is 29.6 Å². The SMILES string of the molecule is O=C(O)c1cc(F)ccc1NC1C2C3CCC(C3)C12. The number of carboxylic acid groups (broad SMARTS) is 1. The number of carbonyl (C=O) groups is 1. The summed E-state index contributed by atoms with van der Waals surface area (Å²) in [6, 6.07) is 4.38. The smallest absolute Gasteiger partial charge is 0.337 e. The molecule has 2 bridgehead atoms. The van der Waals surface area contributed by atoms with Crippen LogP contribution in [0.25, 0.3) is 0 Å². The van der Waals surface area contributed by atoms with Gasteiger partial charge < -0.3 is 10.4 Å². The van der Waals surface area contributed by atoms with Crippen LogP contribution >= 0.6 is 0 Å². The third kappa shape index (κ3) is 1.58. The lowest BCUT2D eigenvalue weighted by molar-refractivity contribution is 0.0697. The molecule has 0 saturated heterocycles. The normalized spacial score (nSPS) is 38.1. The fourth-order valence-electron chi connectivity index (χ4n) is 4.52. The van der Waals surface area contributed by atoms with Gasteiger partial charge in [0.05, 0.1) is 5.56 Å². The maximum atomic E-state index is 13.1. The number of anilines is 1. The van der Waals surface area contributed by atoms with Crippen molar-refractivity contribution in [2.24, 2.45) is 23.7 Å². The van der Waals surface area contributed by atoms with E-state index in [1.807, 2.05) is 0 Å². The maximum Gasteiger partial charge on any atom is 0.337 e. The Hall–Kier alpha value is -1.58. The summed E-state index contributed by atoms with van der Waals surface area (Å²) in [6.07, 6.45) is 4.03. The fourth-order valence-corrected chi connectivity index (χ4v) is 4.52. The summed E-state index contributed by atoms with van der Waals surface area (Å²) in [6.45, 7) is 0. The molecule has 3 aliphatic rings. The largest absolute Gasteiger partial charge is 0.478 e. The van der Waals surface area contributed by atoms with Gasteiger partial charge in [-0.25, -0.2) is 9.18 Å². The number of benzene rings is 1. The Balaban J connectivity index is 1.57. The van der Waals surface area contributed by atoms with E-state index in [1.54, 1.807) is 6.07 Å². The van der Waals surface area contributed by atoms with E-state index in [4.69, 9.17) is 5.11 Å². The molecule has 0 aromatic heterocycles. The molecule has 0 amide bonds. The number of halogens is 1. The van der Waals surface area contributed by atoms with Gasteiger partial charge in [-0.1, -0.05) is 0 Å². The van der Waals surface area contributed by atoms with E-state index in [0.29, 0.717) is 11.7 Å². The summed E-state index contributed by atoms with van der Waals surface area (Å²) in [5, 5.41) is 12.5. The zero-order valence-electron chi connectivity index (χ0n) is 10.5. The monoisotopic (exact) mass is 261 g/mol. The van der Waals surface area contributed by atoms with Crippen LogP contribution in [-0.4, -0.2) is 17.1 Å². The molecule has 3 fully saturated rings. The number of aromatic carboxylic acids is 1. The quantitative estimate of drug-likeness (QED) is 0.879. The first kappa shape index (κ1) is 11.3. The minimum absolute atomic E-state index is 0.0392. The molecule has 1 aromatic carbocycles. The van der Waals surface area contributed by atoms with Crippen LogP contribution in [0.3, 0.4) is 0 Å². The second kappa shape index (κ2) is 3.71. The van der Waals surface area contributed by atoms with E-state index in [1.165, 1.54) is 25.3 Å². The maximum absolute atomic E-state index is 13.1. The Morgan fingerprint density at radius 1 is 1.26 bits per heavy atom. The van der Waals surface area contributed by atoms with Crippen molar-refractivity contribution in [3.8, 4) is 0 Å². The summed E-state index contributed by atoms with van der Waals surface area (Å²) in [4.78, 5) is 11.2. The molecule has 0 spiro atoms. The number of carboxylic acids is 1. The van der Waals surface area contributed by atoms with Crippen molar-refractivity contribution in [1.29, 1.82) is 0 Å². The molecule has 1 aromatic rings. The van der Waals surface area contributed by atoms with Gasteiger partial charge in [0.15, 0.2) is 0 Å². The minimum Gasteiger partial charge on any atom is -0.478 e. The highest BCUT2D eigenvalue weighted by Crippen LogP contribution is 2.66. The van der Waals surface area contributed by atoms with Gasteiger partial charge in [0.25, 0.3) is 0 Å². The summed E-state index contributed by atoms with van der Waals surface area (Å²) in [5.41, 5.74) is 0.602. The van der Waals surface area contributed by atoms with E-state index in [0.717, 1.165) is 29.7 Å². The van der Waals surface area contributed by atoms with Crippen LogP contribution in [-0.2, 0) is 0 Å². The van der Waals surface area contributed by atoms with Gasteiger partial charge in [0.2, 0.25) is 0 Å². The molecule has 0 radical (unpaired) electrons. The van der Waals surface area contributed by atoms with E-state index >= 15 is 0 Å². The zero-order chi connectivity index (χ0) is 13.1. The molecule has 4 atom stereocenters. The Labute approximate surface area is 110 Å². The van der Waals surface area contributed by atoms with Crippen molar-refractivity contribution < 1.29 is 14.3 Å². The van der Waals surface area contributed by atoms with Crippen LogP contribution in [0.4, 0.5) is 10.1 Å². The molecule has 4 unspecified atom stereocenters. The minimum atomic E-state index is -1.07. The fraction of sp³-hybridized carbons (Fsp3) is 0.533. The van der Waals surface area contributed by atoms with E-state index in [-0.39, 0.29) is 5.56 Å². The molecule has 0 aliphatic heterocycles. The average molecular weight is 261 g/mol. The molecular weight excluding hydrogens is 245 g/mol. The van der Waals surface area contributed by atoms with Crippen LogP contribution < -0.4 is 5.32 Å². The average Bonchev–Trinajstić information content (AvgIpc) is 2.79. The van der Waals surface area contributed by atoms with Gasteiger partial charge in [-0.05, 0) is 61.1 Å². The molecule has 0 heterocycles. The first-order chi connectivity index (χ1) is 9.15. The second-order valence-electron chi connectivity index (χ2n) is 6.15. The van der Waals surface area contributed by atoms with E-state index in [2.05, 4.69) is 5.32 Å². The molecule has 100 valence electrons. The first-order valence-electron chi connectivity index (χ1n) is 6.94. The van der Waals surface area contributed by atoms with Crippen LogP contribution in [0, 0.1) is 29.5 Å². The number of rotatable bonds is 3. The highest BCUT2D eigenvalue weighted by molar-refractivity contribution is 5.94. The second-order valence-corrected chi connectivity index (χ2v) is 6.15. The molecule has 3 aliphatic carbocycles. The first-order valence-corrected chi connectivity index (χ1v) is 6.94. The highest BCUT2D eigenvalue weighted by atomic mass is 19.1. The predicted octanol–water partition coefficient (Wildman–Crippen LogP) is 2.98. The van der Waals surface area contributed by atoms with Crippen LogP contribution in [0.15, 0.2) is 18.2 Å². The Morgan fingerprint density at radius 2 is 1.95 bits per heavy atom. The lowest BCUT2D eigenvalue weighted by atomic mass is 10.0. The van der Waals surface area contributed by atoms with Gasteiger partial charge in [-0.3, -0.25) is 0 Å². The number of hydrogen-bond acceptors (Lipinski definition) is 2. The predicted molar refractivity (Wildman–Crippen MR) is 68.6 cm³/mol. The van der Waals surface area contributed by atoms with Crippen molar-refractivity contribution in [2.75, 3.05) is 5.32 Å². The van der Waals surface area contributed by atoms with Crippen LogP contribution in [0.5, 0.6) is 0 Å². The van der Waals surface area contributed by atoms with Gasteiger partial charge in [0, 0.05) is 11.7 Å². The topological polar surface area (TPSA) is 49.3 Å². The molecule has 2 N–H and O–H groups in total. The van der Waals surface area contributed by atoms with Crippen molar-refractivity contribution in [1.82, 2.24) is 0 Å². The molecule has 3 saturated carbocycles. The third-order valence-electron chi connectivity index (χ3n) is 5.27. The molecule has 4 heteroatoms. The van der Waals surface area contributed by atoms with Crippen LogP contribution in [0.1, 0.15) is 29.6 Å². The van der Waals surface area contributed by atoms with Gasteiger partial charge >= 0.3 is 5.97 Å². The van der Waals surface area contributed by atoms with Crippen molar-refractivity contribution in [2.45, 2.75) is 25.3 Å². The van der Waals surface area contributed by atoms with E-state index in [9.17, 15) is 9.18 Å².